The molecule has 0 atom stereocenters. The summed E-state index contributed by atoms with van der Waals surface area (Å²) in [5.41, 5.74) is 0.770. The Morgan fingerprint density at radius 2 is 2.18 bits per heavy atom. The maximum atomic E-state index is 12.4. The second-order valence-electron chi connectivity index (χ2n) is 4.47. The predicted octanol–water partition coefficient (Wildman–Crippen LogP) is 3.48. The molecule has 7 heteroatoms. The number of amides is 1. The Balaban J connectivity index is 2.40. The third kappa shape index (κ3) is 3.30. The molecule has 5 nitrogen and oxygen atoms in total. The van der Waals surface area contributed by atoms with E-state index >= 15 is 0 Å². The number of methoxy groups -OCH3 is 1. The van der Waals surface area contributed by atoms with Crippen LogP contribution in [0.2, 0.25) is 0 Å². The number of nitrogens with zero attached hydrogens (tertiary/aromatic N) is 2. The summed E-state index contributed by atoms with van der Waals surface area (Å²) in [6.45, 7) is 5.09. The van der Waals surface area contributed by atoms with Crippen LogP contribution in [0.4, 0.5) is 0 Å². The van der Waals surface area contributed by atoms with Gasteiger partial charge in [0.25, 0.3) is 5.91 Å². The topological polar surface area (TPSA) is 62.1 Å². The molecular weight excluding hydrogens is 368 g/mol. The van der Waals surface area contributed by atoms with E-state index in [1.54, 1.807) is 23.1 Å². The summed E-state index contributed by atoms with van der Waals surface area (Å²) < 4.78 is 5.64. The van der Waals surface area contributed by atoms with Crippen LogP contribution >= 0.6 is 27.7 Å². The number of likely N-dealkylation sites (N-methyl/N-ethyl adjacent to an activating group) is 1. The number of aliphatic imine (C=N–C) groups is 1. The minimum atomic E-state index is -0.0529. The number of phenolic OH excluding ortho intramolecular Hbond substituents is 1. The summed E-state index contributed by atoms with van der Waals surface area (Å²) in [6.07, 6.45) is 1.78. The minimum Gasteiger partial charge on any atom is -0.503 e. The Bertz CT molecular complexity index is 658. The molecule has 1 amide bonds. The van der Waals surface area contributed by atoms with E-state index in [9.17, 15) is 9.90 Å². The molecule has 0 bridgehead atoms. The largest absolute Gasteiger partial charge is 0.503 e. The van der Waals surface area contributed by atoms with Crippen LogP contribution in [0.25, 0.3) is 6.08 Å². The van der Waals surface area contributed by atoms with Gasteiger partial charge in [0.05, 0.1) is 16.5 Å². The highest BCUT2D eigenvalue weighted by Gasteiger charge is 2.31. The van der Waals surface area contributed by atoms with Crippen LogP contribution in [0, 0.1) is 0 Å². The lowest BCUT2D eigenvalue weighted by Gasteiger charge is -2.11. The van der Waals surface area contributed by atoms with Gasteiger partial charge in [0.2, 0.25) is 0 Å². The molecule has 22 heavy (non-hydrogen) atoms. The third-order valence-corrected chi connectivity index (χ3v) is 4.72. The normalized spacial score (nSPS) is 18.5. The molecule has 0 radical (unpaired) electrons. The smallest absolute Gasteiger partial charge is 0.266 e. The lowest BCUT2D eigenvalue weighted by atomic mass is 10.2. The van der Waals surface area contributed by atoms with E-state index in [4.69, 9.17) is 4.74 Å². The first-order chi connectivity index (χ1) is 10.5. The molecule has 0 aromatic heterocycles. The highest BCUT2D eigenvalue weighted by Crippen LogP contribution is 2.38. The number of thioether (sulfide) groups is 1. The van der Waals surface area contributed by atoms with Gasteiger partial charge in [0.1, 0.15) is 0 Å². The highest BCUT2D eigenvalue weighted by molar-refractivity contribution is 9.10. The first-order valence-electron chi connectivity index (χ1n) is 6.84. The van der Waals surface area contributed by atoms with E-state index in [0.29, 0.717) is 28.2 Å². The van der Waals surface area contributed by atoms with Crippen molar-refractivity contribution in [1.82, 2.24) is 4.90 Å². The van der Waals surface area contributed by atoms with Crippen molar-refractivity contribution >= 4 is 44.8 Å². The number of ether oxygens (including phenoxy) is 1. The lowest BCUT2D eigenvalue weighted by Crippen LogP contribution is -2.28. The molecule has 1 heterocycles. The Morgan fingerprint density at radius 3 is 2.77 bits per heavy atom. The number of carbonyl (C=O) groups is 1. The Kier molecular flexibility index (Phi) is 5.52. The van der Waals surface area contributed by atoms with Gasteiger partial charge in [-0.25, -0.2) is 0 Å². The zero-order chi connectivity index (χ0) is 16.3. The van der Waals surface area contributed by atoms with Crippen molar-refractivity contribution in [3.63, 3.8) is 0 Å². The van der Waals surface area contributed by atoms with Crippen LogP contribution in [0.3, 0.4) is 0 Å². The molecule has 1 saturated heterocycles. The quantitative estimate of drug-likeness (QED) is 0.807. The average molecular weight is 385 g/mol. The molecule has 1 N–H and O–H groups in total. The van der Waals surface area contributed by atoms with Crippen molar-refractivity contribution in [1.29, 1.82) is 0 Å². The molecule has 0 unspecified atom stereocenters. The van der Waals surface area contributed by atoms with Gasteiger partial charge in [-0.15, -0.1) is 0 Å². The summed E-state index contributed by atoms with van der Waals surface area (Å²) in [5.74, 6) is 0.341. The Morgan fingerprint density at radius 1 is 1.45 bits per heavy atom. The molecule has 0 spiro atoms. The highest BCUT2D eigenvalue weighted by atomic mass is 79.9. The van der Waals surface area contributed by atoms with E-state index in [-0.39, 0.29) is 11.7 Å². The fraction of sp³-hybridized carbons (Fsp3) is 0.333. The maximum Gasteiger partial charge on any atom is 0.266 e. The van der Waals surface area contributed by atoms with Crippen molar-refractivity contribution in [2.75, 3.05) is 20.2 Å². The zero-order valence-electron chi connectivity index (χ0n) is 12.6. The van der Waals surface area contributed by atoms with Crippen molar-refractivity contribution < 1.29 is 14.6 Å². The van der Waals surface area contributed by atoms with Gasteiger partial charge in [0.15, 0.2) is 16.7 Å². The van der Waals surface area contributed by atoms with Crippen LogP contribution in [-0.2, 0) is 4.79 Å². The fourth-order valence-electron chi connectivity index (χ4n) is 2.02. The molecule has 0 aliphatic carbocycles. The number of amidine groups is 1. The van der Waals surface area contributed by atoms with Crippen LogP contribution in [0.5, 0.6) is 11.5 Å². The second-order valence-corrected chi connectivity index (χ2v) is 6.33. The number of hydrogen-bond acceptors (Lipinski definition) is 5. The van der Waals surface area contributed by atoms with E-state index in [0.717, 1.165) is 10.7 Å². The lowest BCUT2D eigenvalue weighted by molar-refractivity contribution is -0.122. The van der Waals surface area contributed by atoms with Gasteiger partial charge >= 0.3 is 0 Å². The summed E-state index contributed by atoms with van der Waals surface area (Å²) in [5, 5.41) is 10.6. The number of carbonyl (C=O) groups excluding carboxylic acids is 1. The molecular formula is C15H17BrN2O3S. The number of phenols is 1. The van der Waals surface area contributed by atoms with Crippen LogP contribution in [0.1, 0.15) is 19.4 Å². The van der Waals surface area contributed by atoms with Gasteiger partial charge in [-0.2, -0.15) is 0 Å². The van der Waals surface area contributed by atoms with Crippen molar-refractivity contribution in [2.24, 2.45) is 4.99 Å². The van der Waals surface area contributed by atoms with Crippen LogP contribution in [-0.4, -0.2) is 41.3 Å². The predicted molar refractivity (Wildman–Crippen MR) is 93.3 cm³/mol. The van der Waals surface area contributed by atoms with E-state index in [1.807, 2.05) is 13.8 Å². The van der Waals surface area contributed by atoms with Crippen molar-refractivity contribution in [3.8, 4) is 11.5 Å². The number of rotatable bonds is 4. The van der Waals surface area contributed by atoms with E-state index < -0.39 is 0 Å². The van der Waals surface area contributed by atoms with Gasteiger partial charge < -0.3 is 9.84 Å². The van der Waals surface area contributed by atoms with Gasteiger partial charge in [-0.05, 0) is 65.3 Å². The molecule has 0 saturated carbocycles. The molecule has 1 aliphatic rings. The van der Waals surface area contributed by atoms with Crippen LogP contribution < -0.4 is 4.74 Å². The van der Waals surface area contributed by atoms with Gasteiger partial charge in [0, 0.05) is 13.1 Å². The molecule has 1 aromatic carbocycles. The van der Waals surface area contributed by atoms with Crippen molar-refractivity contribution in [2.45, 2.75) is 13.8 Å². The Hall–Kier alpha value is -1.47. The molecule has 2 rings (SSSR count). The summed E-state index contributed by atoms with van der Waals surface area (Å²) >= 11 is 4.64. The van der Waals surface area contributed by atoms with Gasteiger partial charge in [-0.1, -0.05) is 0 Å². The molecule has 118 valence electrons. The van der Waals surface area contributed by atoms with Crippen LogP contribution in [0.15, 0.2) is 26.5 Å². The SMILES string of the molecule is CCN=C1S/C(=C/c2cc(Br)c(O)c(OC)c2)C(=O)N1CC. The minimum absolute atomic E-state index is 0.0403. The molecule has 1 fully saturated rings. The molecule has 1 aliphatic heterocycles. The Labute approximate surface area is 142 Å². The van der Waals surface area contributed by atoms with E-state index in [1.165, 1.54) is 18.9 Å². The first kappa shape index (κ1) is 16.9. The average Bonchev–Trinajstić information content (AvgIpc) is 2.78. The number of aromatic hydroxyl groups is 1. The monoisotopic (exact) mass is 384 g/mol. The summed E-state index contributed by atoms with van der Waals surface area (Å²) in [4.78, 5) is 19.0. The standard InChI is InChI=1S/C15H17BrN2O3S/c1-4-17-15-18(5-2)14(20)12(22-15)8-9-6-10(16)13(19)11(7-9)21-3/h6-8,19H,4-5H2,1-3H3/b12-8+,17-15?. The van der Waals surface area contributed by atoms with E-state index in [2.05, 4.69) is 20.9 Å². The third-order valence-electron chi connectivity index (χ3n) is 3.07. The number of hydrogen-bond donors (Lipinski definition) is 1. The number of halogens is 1. The number of benzene rings is 1. The second kappa shape index (κ2) is 7.19. The zero-order valence-corrected chi connectivity index (χ0v) is 15.0. The summed E-state index contributed by atoms with van der Waals surface area (Å²) in [7, 11) is 1.48. The summed E-state index contributed by atoms with van der Waals surface area (Å²) in [6, 6.07) is 3.43. The van der Waals surface area contributed by atoms with Crippen molar-refractivity contribution in [3.05, 3.63) is 27.1 Å². The molecule has 1 aromatic rings. The first-order valence-corrected chi connectivity index (χ1v) is 8.45. The maximum absolute atomic E-state index is 12.4. The van der Waals surface area contributed by atoms with Gasteiger partial charge in [-0.3, -0.25) is 14.7 Å². The fourth-order valence-corrected chi connectivity index (χ4v) is 3.59.